The largest absolute Gasteiger partial charge is 0.496 e. The molecule has 0 N–H and O–H groups in total. The molecule has 1 saturated heterocycles. The molecule has 5 nitrogen and oxygen atoms in total. The Bertz CT molecular complexity index is 906. The Hall–Kier alpha value is -1.96. The zero-order valence-electron chi connectivity index (χ0n) is 15.9. The number of hydrogen-bond donors (Lipinski definition) is 0. The Balaban J connectivity index is 1.69. The fourth-order valence-corrected chi connectivity index (χ4v) is 5.09. The molecule has 2 aromatic carbocycles. The van der Waals surface area contributed by atoms with Gasteiger partial charge in [0.2, 0.25) is 10.0 Å². The number of halogens is 1. The Morgan fingerprint density at radius 1 is 1.00 bits per heavy atom. The SMILES string of the molecule is COc1cc(C)c(S(=O)(=O)N2CCN(Cc3ccc(F)cc3)CC2)cc1C. The van der Waals surface area contributed by atoms with Crippen LogP contribution < -0.4 is 4.74 Å². The summed E-state index contributed by atoms with van der Waals surface area (Å²) in [7, 11) is -1.96. The van der Waals surface area contributed by atoms with E-state index in [1.54, 1.807) is 42.6 Å². The molecule has 0 radical (unpaired) electrons. The molecule has 0 unspecified atom stereocenters. The monoisotopic (exact) mass is 392 g/mol. The van der Waals surface area contributed by atoms with Crippen molar-refractivity contribution in [3.63, 3.8) is 0 Å². The Kier molecular flexibility index (Phi) is 5.83. The fraction of sp³-hybridized carbons (Fsp3) is 0.400. The minimum absolute atomic E-state index is 0.250. The van der Waals surface area contributed by atoms with Gasteiger partial charge in [-0.05, 0) is 54.8 Å². The minimum Gasteiger partial charge on any atom is -0.496 e. The minimum atomic E-state index is -3.54. The van der Waals surface area contributed by atoms with Gasteiger partial charge in [0.05, 0.1) is 12.0 Å². The number of hydrogen-bond acceptors (Lipinski definition) is 4. The standard InChI is InChI=1S/C20H25FN2O3S/c1-15-13-20(16(2)12-19(15)26-3)27(24,25)23-10-8-22(9-11-23)14-17-4-6-18(21)7-5-17/h4-7,12-13H,8-11,14H2,1-3H3. The number of piperazine rings is 1. The van der Waals surface area contributed by atoms with Gasteiger partial charge in [-0.15, -0.1) is 0 Å². The van der Waals surface area contributed by atoms with E-state index in [-0.39, 0.29) is 5.82 Å². The number of benzene rings is 2. The summed E-state index contributed by atoms with van der Waals surface area (Å²) in [5, 5.41) is 0. The molecule has 146 valence electrons. The van der Waals surface area contributed by atoms with Gasteiger partial charge in [-0.3, -0.25) is 4.90 Å². The van der Waals surface area contributed by atoms with E-state index in [1.165, 1.54) is 12.1 Å². The van der Waals surface area contributed by atoms with E-state index in [4.69, 9.17) is 4.74 Å². The number of sulfonamides is 1. The molecule has 1 fully saturated rings. The molecule has 0 aliphatic carbocycles. The average Bonchev–Trinajstić information content (AvgIpc) is 2.65. The van der Waals surface area contributed by atoms with Crippen molar-refractivity contribution in [3.05, 3.63) is 58.9 Å². The maximum Gasteiger partial charge on any atom is 0.243 e. The van der Waals surface area contributed by atoms with Crippen molar-refractivity contribution in [3.8, 4) is 5.75 Å². The van der Waals surface area contributed by atoms with Crippen LogP contribution in [0.4, 0.5) is 4.39 Å². The van der Waals surface area contributed by atoms with Crippen molar-refractivity contribution >= 4 is 10.0 Å². The molecule has 1 aliphatic rings. The van der Waals surface area contributed by atoms with Gasteiger partial charge in [-0.2, -0.15) is 4.31 Å². The molecule has 3 rings (SSSR count). The Morgan fingerprint density at radius 2 is 1.63 bits per heavy atom. The van der Waals surface area contributed by atoms with E-state index in [2.05, 4.69) is 4.90 Å². The van der Waals surface area contributed by atoms with E-state index in [0.29, 0.717) is 48.9 Å². The molecular formula is C20H25FN2O3S. The highest BCUT2D eigenvalue weighted by molar-refractivity contribution is 7.89. The first-order chi connectivity index (χ1) is 12.8. The third-order valence-electron chi connectivity index (χ3n) is 4.96. The van der Waals surface area contributed by atoms with Crippen molar-refractivity contribution in [2.75, 3.05) is 33.3 Å². The molecule has 1 heterocycles. The average molecular weight is 392 g/mol. The lowest BCUT2D eigenvalue weighted by Gasteiger charge is -2.34. The van der Waals surface area contributed by atoms with Crippen LogP contribution in [-0.2, 0) is 16.6 Å². The number of methoxy groups -OCH3 is 1. The number of rotatable bonds is 5. The van der Waals surface area contributed by atoms with Gasteiger partial charge < -0.3 is 4.74 Å². The van der Waals surface area contributed by atoms with Gasteiger partial charge in [0.25, 0.3) is 0 Å². The van der Waals surface area contributed by atoms with Crippen LogP contribution in [0.15, 0.2) is 41.3 Å². The normalized spacial score (nSPS) is 16.4. The van der Waals surface area contributed by atoms with Crippen LogP contribution in [0.1, 0.15) is 16.7 Å². The summed E-state index contributed by atoms with van der Waals surface area (Å²) in [4.78, 5) is 2.53. The first-order valence-electron chi connectivity index (χ1n) is 8.93. The molecule has 0 spiro atoms. The quantitative estimate of drug-likeness (QED) is 0.785. The van der Waals surface area contributed by atoms with Crippen LogP contribution in [0.5, 0.6) is 5.75 Å². The van der Waals surface area contributed by atoms with Gasteiger partial charge >= 0.3 is 0 Å². The molecule has 0 amide bonds. The lowest BCUT2D eigenvalue weighted by atomic mass is 10.1. The molecule has 0 atom stereocenters. The van der Waals surface area contributed by atoms with Crippen molar-refractivity contribution in [2.24, 2.45) is 0 Å². The summed E-state index contributed by atoms with van der Waals surface area (Å²) in [5.74, 6) is 0.440. The van der Waals surface area contributed by atoms with Crippen LogP contribution in [0.25, 0.3) is 0 Å². The summed E-state index contributed by atoms with van der Waals surface area (Å²) in [5.41, 5.74) is 2.51. The van der Waals surface area contributed by atoms with Gasteiger partial charge in [-0.25, -0.2) is 12.8 Å². The second-order valence-electron chi connectivity index (χ2n) is 6.89. The first-order valence-corrected chi connectivity index (χ1v) is 10.4. The zero-order valence-corrected chi connectivity index (χ0v) is 16.7. The third-order valence-corrected chi connectivity index (χ3v) is 7.00. The highest BCUT2D eigenvalue weighted by Crippen LogP contribution is 2.28. The lowest BCUT2D eigenvalue weighted by molar-refractivity contribution is 0.181. The van der Waals surface area contributed by atoms with Crippen molar-refractivity contribution in [2.45, 2.75) is 25.3 Å². The molecule has 2 aromatic rings. The summed E-state index contributed by atoms with van der Waals surface area (Å²) in [6.07, 6.45) is 0. The third kappa shape index (κ3) is 4.31. The maximum atomic E-state index is 13.1. The molecule has 1 aliphatic heterocycles. The van der Waals surface area contributed by atoms with Crippen LogP contribution >= 0.6 is 0 Å². The maximum absolute atomic E-state index is 13.1. The molecule has 0 aromatic heterocycles. The molecule has 27 heavy (non-hydrogen) atoms. The Morgan fingerprint density at radius 3 is 2.22 bits per heavy atom. The van der Waals surface area contributed by atoms with Crippen LogP contribution in [0, 0.1) is 19.7 Å². The van der Waals surface area contributed by atoms with Crippen LogP contribution in [0.2, 0.25) is 0 Å². The predicted molar refractivity (Wildman–Crippen MR) is 103 cm³/mol. The van der Waals surface area contributed by atoms with Crippen LogP contribution in [0.3, 0.4) is 0 Å². The van der Waals surface area contributed by atoms with Gasteiger partial charge in [0.1, 0.15) is 11.6 Å². The zero-order chi connectivity index (χ0) is 19.6. The molecule has 0 bridgehead atoms. The summed E-state index contributed by atoms with van der Waals surface area (Å²) < 4.78 is 46.0. The van der Waals surface area contributed by atoms with Crippen molar-refractivity contribution < 1.29 is 17.5 Å². The van der Waals surface area contributed by atoms with Crippen molar-refractivity contribution in [1.82, 2.24) is 9.21 Å². The first kappa shape index (κ1) is 19.8. The summed E-state index contributed by atoms with van der Waals surface area (Å²) in [6.45, 7) is 6.49. The summed E-state index contributed by atoms with van der Waals surface area (Å²) >= 11 is 0. The van der Waals surface area contributed by atoms with E-state index in [1.807, 2.05) is 6.92 Å². The van der Waals surface area contributed by atoms with E-state index in [0.717, 1.165) is 11.1 Å². The van der Waals surface area contributed by atoms with Gasteiger partial charge in [0, 0.05) is 32.7 Å². The van der Waals surface area contributed by atoms with E-state index >= 15 is 0 Å². The molecule has 7 heteroatoms. The number of nitrogens with zero attached hydrogens (tertiary/aromatic N) is 2. The lowest BCUT2D eigenvalue weighted by Crippen LogP contribution is -2.48. The van der Waals surface area contributed by atoms with Crippen LogP contribution in [-0.4, -0.2) is 50.9 Å². The number of aryl methyl sites for hydroxylation is 2. The van der Waals surface area contributed by atoms with E-state index < -0.39 is 10.0 Å². The topological polar surface area (TPSA) is 49.9 Å². The molecular weight excluding hydrogens is 367 g/mol. The Labute approximate surface area is 160 Å². The fourth-order valence-electron chi connectivity index (χ4n) is 3.38. The molecule has 0 saturated carbocycles. The highest BCUT2D eigenvalue weighted by Gasteiger charge is 2.30. The van der Waals surface area contributed by atoms with Gasteiger partial charge in [0.15, 0.2) is 0 Å². The predicted octanol–water partition coefficient (Wildman–Crippen LogP) is 2.96. The van der Waals surface area contributed by atoms with Gasteiger partial charge in [-0.1, -0.05) is 12.1 Å². The second kappa shape index (κ2) is 7.96. The smallest absolute Gasteiger partial charge is 0.243 e. The second-order valence-corrected chi connectivity index (χ2v) is 8.80. The number of ether oxygens (including phenoxy) is 1. The highest BCUT2D eigenvalue weighted by atomic mass is 32.2. The van der Waals surface area contributed by atoms with E-state index in [9.17, 15) is 12.8 Å². The van der Waals surface area contributed by atoms with Crippen molar-refractivity contribution in [1.29, 1.82) is 0 Å². The summed E-state index contributed by atoms with van der Waals surface area (Å²) in [6, 6.07) is 9.89.